The molecule has 5 rings (SSSR count). The summed E-state index contributed by atoms with van der Waals surface area (Å²) in [5.74, 6) is 2.01. The fourth-order valence-electron chi connectivity index (χ4n) is 4.44. The summed E-state index contributed by atoms with van der Waals surface area (Å²) in [6.45, 7) is 6.07. The number of hydrogen-bond acceptors (Lipinski definition) is 4. The molecule has 0 spiro atoms. The van der Waals surface area contributed by atoms with Gasteiger partial charge in [-0.05, 0) is 61.1 Å². The van der Waals surface area contributed by atoms with Crippen LogP contribution in [0, 0.1) is 11.8 Å². The van der Waals surface area contributed by atoms with E-state index in [9.17, 15) is 5.11 Å². The van der Waals surface area contributed by atoms with Gasteiger partial charge in [0.25, 0.3) is 0 Å². The average Bonchev–Trinajstić information content (AvgIpc) is 2.66. The lowest BCUT2D eigenvalue weighted by Crippen LogP contribution is -2.54. The number of pyridine rings is 1. The van der Waals surface area contributed by atoms with E-state index in [2.05, 4.69) is 22.5 Å². The number of fused-ring (bicyclic) bond motifs is 4. The zero-order valence-electron chi connectivity index (χ0n) is 14.1. The molecule has 1 aromatic carbocycles. The van der Waals surface area contributed by atoms with Crippen LogP contribution in [0.4, 0.5) is 0 Å². The number of hydrogen-bond donors (Lipinski definition) is 1. The molecule has 2 bridgehead atoms. The molecule has 4 nitrogen and oxygen atoms in total. The number of nitrogens with zero attached hydrogens (tertiary/aromatic N) is 2. The molecule has 0 aliphatic carbocycles. The van der Waals surface area contributed by atoms with Crippen molar-refractivity contribution in [1.82, 2.24) is 9.88 Å². The third kappa shape index (κ3) is 2.50. The highest BCUT2D eigenvalue weighted by molar-refractivity contribution is 5.83. The van der Waals surface area contributed by atoms with E-state index in [0.29, 0.717) is 11.8 Å². The quantitative estimate of drug-likeness (QED) is 0.878. The molecule has 3 fully saturated rings. The number of benzene rings is 1. The van der Waals surface area contributed by atoms with Crippen LogP contribution in [0.1, 0.15) is 24.5 Å². The maximum atomic E-state index is 11.2. The Hall–Kier alpha value is -1.91. The van der Waals surface area contributed by atoms with Gasteiger partial charge in [-0.3, -0.25) is 9.88 Å². The van der Waals surface area contributed by atoms with Crippen LogP contribution in [-0.4, -0.2) is 41.2 Å². The third-order valence-electron chi connectivity index (χ3n) is 5.82. The van der Waals surface area contributed by atoms with E-state index in [0.717, 1.165) is 41.7 Å². The Bertz CT molecular complexity index is 760. The predicted octanol–water partition coefficient (Wildman–Crippen LogP) is 3.17. The van der Waals surface area contributed by atoms with Gasteiger partial charge in [-0.25, -0.2) is 0 Å². The molecule has 4 heteroatoms. The number of methoxy groups -OCH3 is 1. The van der Waals surface area contributed by atoms with Crippen molar-refractivity contribution in [3.05, 3.63) is 48.7 Å². The summed E-state index contributed by atoms with van der Waals surface area (Å²) in [4.78, 5) is 6.86. The average molecular weight is 324 g/mol. The zero-order valence-corrected chi connectivity index (χ0v) is 14.1. The molecular weight excluding hydrogens is 300 g/mol. The first-order valence-electron chi connectivity index (χ1n) is 8.68. The summed E-state index contributed by atoms with van der Waals surface area (Å²) < 4.78 is 5.35. The molecule has 2 aromatic rings. The summed E-state index contributed by atoms with van der Waals surface area (Å²) in [5.41, 5.74) is 1.85. The number of ether oxygens (including phenoxy) is 1. The molecule has 0 amide bonds. The normalized spacial score (nSPS) is 30.2. The lowest BCUT2D eigenvalue weighted by atomic mass is 9.73. The minimum absolute atomic E-state index is 0.178. The fraction of sp³-hybridized carbons (Fsp3) is 0.450. The van der Waals surface area contributed by atoms with Crippen LogP contribution in [0.2, 0.25) is 0 Å². The number of aliphatic hydroxyl groups excluding tert-OH is 1. The van der Waals surface area contributed by atoms with Crippen LogP contribution in [0.15, 0.2) is 43.1 Å². The second kappa shape index (κ2) is 6.19. The van der Waals surface area contributed by atoms with Gasteiger partial charge in [0, 0.05) is 24.2 Å². The molecule has 126 valence electrons. The molecule has 1 N–H and O–H groups in total. The Balaban J connectivity index is 1.69. The van der Waals surface area contributed by atoms with Crippen molar-refractivity contribution in [2.24, 2.45) is 11.8 Å². The molecule has 3 aliphatic heterocycles. The first-order chi connectivity index (χ1) is 11.7. The van der Waals surface area contributed by atoms with Crippen molar-refractivity contribution in [2.45, 2.75) is 25.0 Å². The van der Waals surface area contributed by atoms with Crippen LogP contribution >= 0.6 is 0 Å². The van der Waals surface area contributed by atoms with Gasteiger partial charge in [-0.1, -0.05) is 6.08 Å². The lowest BCUT2D eigenvalue weighted by Gasteiger charge is -2.50. The maximum Gasteiger partial charge on any atom is 0.119 e. The molecular formula is C20H24N2O2. The lowest BCUT2D eigenvalue weighted by molar-refractivity contribution is -0.0444. The fourth-order valence-corrected chi connectivity index (χ4v) is 4.44. The van der Waals surface area contributed by atoms with Crippen LogP contribution in [-0.2, 0) is 0 Å². The summed E-state index contributed by atoms with van der Waals surface area (Å²) >= 11 is 0. The summed E-state index contributed by atoms with van der Waals surface area (Å²) in [5, 5.41) is 12.1. The molecule has 3 aliphatic rings. The largest absolute Gasteiger partial charge is 0.497 e. The molecule has 0 radical (unpaired) electrons. The maximum absolute atomic E-state index is 11.2. The van der Waals surface area contributed by atoms with Gasteiger partial charge >= 0.3 is 0 Å². The highest BCUT2D eigenvalue weighted by Gasteiger charge is 2.42. The first-order valence-corrected chi connectivity index (χ1v) is 8.68. The van der Waals surface area contributed by atoms with Crippen molar-refractivity contribution >= 4 is 10.9 Å². The standard InChI is InChI=1S/C20H24N2O2/c1-3-13-12-22-9-7-14(13)10-19(22)20(23)16-6-8-21-18-5-4-15(24-2)11-17(16)18/h3-6,8,11,13-14,19-20,23H,1,7,9-10,12H2,2H3/t13-,14?,19+,20+/m0/s1. The van der Waals surface area contributed by atoms with E-state index >= 15 is 0 Å². The van der Waals surface area contributed by atoms with Crippen LogP contribution in [0.5, 0.6) is 5.75 Å². The highest BCUT2D eigenvalue weighted by atomic mass is 16.5. The van der Waals surface area contributed by atoms with Gasteiger partial charge in [0.1, 0.15) is 5.75 Å². The van der Waals surface area contributed by atoms with Gasteiger partial charge in [0.05, 0.1) is 18.7 Å². The van der Waals surface area contributed by atoms with Crippen molar-refractivity contribution in [3.8, 4) is 5.75 Å². The van der Waals surface area contributed by atoms with Crippen molar-refractivity contribution < 1.29 is 9.84 Å². The molecule has 5 atom stereocenters. The minimum atomic E-state index is -0.504. The molecule has 4 heterocycles. The predicted molar refractivity (Wildman–Crippen MR) is 95.0 cm³/mol. The molecule has 2 unspecified atom stereocenters. The number of aliphatic hydroxyl groups is 1. The van der Waals surface area contributed by atoms with E-state index in [1.807, 2.05) is 24.3 Å². The minimum Gasteiger partial charge on any atom is -0.497 e. The topological polar surface area (TPSA) is 45.6 Å². The van der Waals surface area contributed by atoms with Gasteiger partial charge in [-0.15, -0.1) is 6.58 Å². The second-order valence-electron chi connectivity index (χ2n) is 6.97. The van der Waals surface area contributed by atoms with Crippen molar-refractivity contribution in [3.63, 3.8) is 0 Å². The highest BCUT2D eigenvalue weighted by Crippen LogP contribution is 2.42. The van der Waals surface area contributed by atoms with Gasteiger partial charge < -0.3 is 9.84 Å². The second-order valence-corrected chi connectivity index (χ2v) is 6.97. The zero-order chi connectivity index (χ0) is 16.7. The smallest absolute Gasteiger partial charge is 0.119 e. The van der Waals surface area contributed by atoms with E-state index in [1.165, 1.54) is 6.42 Å². The third-order valence-corrected chi connectivity index (χ3v) is 5.82. The van der Waals surface area contributed by atoms with Crippen molar-refractivity contribution in [1.29, 1.82) is 0 Å². The first kappa shape index (κ1) is 15.6. The Morgan fingerprint density at radius 1 is 1.42 bits per heavy atom. The summed E-state index contributed by atoms with van der Waals surface area (Å²) in [6, 6.07) is 7.96. The van der Waals surface area contributed by atoms with Crippen molar-refractivity contribution in [2.75, 3.05) is 20.2 Å². The Kier molecular flexibility index (Phi) is 4.02. The van der Waals surface area contributed by atoms with Gasteiger partial charge in [0.15, 0.2) is 0 Å². The monoisotopic (exact) mass is 324 g/mol. The Morgan fingerprint density at radius 2 is 2.29 bits per heavy atom. The molecule has 0 saturated carbocycles. The van der Waals surface area contributed by atoms with Gasteiger partial charge in [-0.2, -0.15) is 0 Å². The SMILES string of the molecule is C=C[C@H]1CN2CCC1C[C@@H]2[C@H](O)c1ccnc2ccc(OC)cc12. The van der Waals surface area contributed by atoms with E-state index < -0.39 is 6.10 Å². The van der Waals surface area contributed by atoms with Crippen LogP contribution < -0.4 is 4.74 Å². The summed E-state index contributed by atoms with van der Waals surface area (Å²) in [6.07, 6.45) is 5.62. The molecule has 3 saturated heterocycles. The van der Waals surface area contributed by atoms with E-state index in [-0.39, 0.29) is 6.04 Å². The number of piperidine rings is 3. The van der Waals surface area contributed by atoms with E-state index in [4.69, 9.17) is 4.74 Å². The molecule has 1 aromatic heterocycles. The number of rotatable bonds is 4. The Labute approximate surface area is 142 Å². The summed E-state index contributed by atoms with van der Waals surface area (Å²) in [7, 11) is 1.66. The van der Waals surface area contributed by atoms with Crippen LogP contribution in [0.25, 0.3) is 10.9 Å². The van der Waals surface area contributed by atoms with E-state index in [1.54, 1.807) is 13.3 Å². The molecule has 24 heavy (non-hydrogen) atoms. The van der Waals surface area contributed by atoms with Crippen LogP contribution in [0.3, 0.4) is 0 Å². The number of aromatic nitrogens is 1. The Morgan fingerprint density at radius 3 is 3.00 bits per heavy atom. The van der Waals surface area contributed by atoms with Gasteiger partial charge in [0.2, 0.25) is 0 Å².